The first-order valence-corrected chi connectivity index (χ1v) is 5.71. The predicted molar refractivity (Wildman–Crippen MR) is 62.5 cm³/mol. The zero-order valence-electron chi connectivity index (χ0n) is 8.08. The van der Waals surface area contributed by atoms with Crippen LogP contribution < -0.4 is 0 Å². The number of unbranched alkanes of at least 4 members (excludes halogenated alkanes) is 3. The minimum atomic E-state index is 1.03. The van der Waals surface area contributed by atoms with Crippen LogP contribution in [0.2, 0.25) is 0 Å². The molecule has 0 amide bonds. The molecule has 1 aromatic carbocycles. The minimum Gasteiger partial charge on any atom is -0.179 e. The molecular weight excluding hydrogens is 176 g/mol. The van der Waals surface area contributed by atoms with Crippen LogP contribution >= 0.6 is 12.6 Å². The number of thiol groups is 1. The average molecular weight is 194 g/mol. The second-order valence-electron chi connectivity index (χ2n) is 3.37. The van der Waals surface area contributed by atoms with Crippen LogP contribution in [0.3, 0.4) is 0 Å². The molecule has 0 aromatic heterocycles. The molecule has 0 fully saturated rings. The summed E-state index contributed by atoms with van der Waals surface area (Å²) in [6, 6.07) is 10.7. The Bertz CT molecular complexity index is 206. The molecular formula is C12H18S. The van der Waals surface area contributed by atoms with E-state index in [9.17, 15) is 0 Å². The Morgan fingerprint density at radius 2 is 1.54 bits per heavy atom. The molecule has 0 spiro atoms. The summed E-state index contributed by atoms with van der Waals surface area (Å²) >= 11 is 4.19. The van der Waals surface area contributed by atoms with Gasteiger partial charge in [0.1, 0.15) is 0 Å². The van der Waals surface area contributed by atoms with Gasteiger partial charge in [-0.05, 0) is 30.6 Å². The quantitative estimate of drug-likeness (QED) is 0.518. The molecule has 13 heavy (non-hydrogen) atoms. The second kappa shape index (κ2) is 7.02. The fraction of sp³-hybridized carbons (Fsp3) is 0.500. The van der Waals surface area contributed by atoms with Crippen molar-refractivity contribution < 1.29 is 0 Å². The van der Waals surface area contributed by atoms with Crippen molar-refractivity contribution in [2.45, 2.75) is 32.1 Å². The van der Waals surface area contributed by atoms with E-state index in [-0.39, 0.29) is 0 Å². The second-order valence-corrected chi connectivity index (χ2v) is 3.82. The highest BCUT2D eigenvalue weighted by atomic mass is 32.1. The van der Waals surface area contributed by atoms with Gasteiger partial charge in [-0.15, -0.1) is 0 Å². The van der Waals surface area contributed by atoms with Gasteiger partial charge in [0.15, 0.2) is 0 Å². The number of rotatable bonds is 6. The van der Waals surface area contributed by atoms with Crippen LogP contribution in [0.25, 0.3) is 0 Å². The summed E-state index contributed by atoms with van der Waals surface area (Å²) in [4.78, 5) is 0. The molecule has 0 N–H and O–H groups in total. The Balaban J connectivity index is 2.07. The summed E-state index contributed by atoms with van der Waals surface area (Å²) < 4.78 is 0. The zero-order chi connectivity index (χ0) is 9.36. The summed E-state index contributed by atoms with van der Waals surface area (Å²) in [6.07, 6.45) is 6.48. The van der Waals surface area contributed by atoms with Crippen molar-refractivity contribution >= 4 is 12.6 Å². The standard InChI is InChI=1S/C12H18S/c13-11-7-2-1-4-8-12-9-5-3-6-10-12/h3,5-6,9-10,13H,1-2,4,7-8,11H2. The van der Waals surface area contributed by atoms with Crippen molar-refractivity contribution in [3.05, 3.63) is 35.9 Å². The van der Waals surface area contributed by atoms with Crippen molar-refractivity contribution in [3.8, 4) is 0 Å². The molecule has 0 aliphatic rings. The molecule has 72 valence electrons. The van der Waals surface area contributed by atoms with E-state index < -0.39 is 0 Å². The van der Waals surface area contributed by atoms with Crippen molar-refractivity contribution in [2.75, 3.05) is 5.75 Å². The number of benzene rings is 1. The van der Waals surface area contributed by atoms with E-state index in [2.05, 4.69) is 43.0 Å². The van der Waals surface area contributed by atoms with Gasteiger partial charge in [0.2, 0.25) is 0 Å². The van der Waals surface area contributed by atoms with Crippen molar-refractivity contribution in [1.82, 2.24) is 0 Å². The summed E-state index contributed by atoms with van der Waals surface area (Å²) in [5.74, 6) is 1.03. The average Bonchev–Trinajstić information content (AvgIpc) is 2.19. The van der Waals surface area contributed by atoms with Gasteiger partial charge in [0.25, 0.3) is 0 Å². The highest BCUT2D eigenvalue weighted by Crippen LogP contribution is 2.07. The van der Waals surface area contributed by atoms with Crippen molar-refractivity contribution in [2.24, 2.45) is 0 Å². The third kappa shape index (κ3) is 4.99. The molecule has 0 aliphatic heterocycles. The molecule has 0 nitrogen and oxygen atoms in total. The van der Waals surface area contributed by atoms with Crippen LogP contribution in [0.5, 0.6) is 0 Å². The minimum absolute atomic E-state index is 1.03. The Morgan fingerprint density at radius 1 is 0.846 bits per heavy atom. The molecule has 1 rings (SSSR count). The lowest BCUT2D eigenvalue weighted by Gasteiger charge is -2.00. The lowest BCUT2D eigenvalue weighted by Crippen LogP contribution is -1.85. The molecule has 0 saturated carbocycles. The maximum atomic E-state index is 4.19. The van der Waals surface area contributed by atoms with E-state index in [1.165, 1.54) is 37.7 Å². The third-order valence-corrected chi connectivity index (χ3v) is 2.53. The molecule has 0 heterocycles. The Labute approximate surface area is 86.8 Å². The summed E-state index contributed by atoms with van der Waals surface area (Å²) in [7, 11) is 0. The van der Waals surface area contributed by atoms with E-state index in [0.29, 0.717) is 0 Å². The fourth-order valence-corrected chi connectivity index (χ4v) is 1.66. The largest absolute Gasteiger partial charge is 0.179 e. The smallest absolute Gasteiger partial charge is 0.00979 e. The van der Waals surface area contributed by atoms with E-state index >= 15 is 0 Å². The molecule has 1 heteroatoms. The fourth-order valence-electron chi connectivity index (χ4n) is 1.44. The summed E-state index contributed by atoms with van der Waals surface area (Å²) in [5, 5.41) is 0. The van der Waals surface area contributed by atoms with Gasteiger partial charge >= 0.3 is 0 Å². The molecule has 0 radical (unpaired) electrons. The van der Waals surface area contributed by atoms with Crippen LogP contribution in [-0.4, -0.2) is 5.75 Å². The number of aryl methyl sites for hydroxylation is 1. The summed E-state index contributed by atoms with van der Waals surface area (Å²) in [6.45, 7) is 0. The molecule has 0 atom stereocenters. The SMILES string of the molecule is SCCCCCCc1ccccc1. The van der Waals surface area contributed by atoms with Crippen LogP contribution in [0.4, 0.5) is 0 Å². The Morgan fingerprint density at radius 3 is 2.23 bits per heavy atom. The van der Waals surface area contributed by atoms with Crippen LogP contribution in [0, 0.1) is 0 Å². The molecule has 0 aliphatic carbocycles. The number of hydrogen-bond acceptors (Lipinski definition) is 1. The van der Waals surface area contributed by atoms with Gasteiger partial charge < -0.3 is 0 Å². The lowest BCUT2D eigenvalue weighted by molar-refractivity contribution is 0.671. The van der Waals surface area contributed by atoms with Crippen molar-refractivity contribution in [1.29, 1.82) is 0 Å². The van der Waals surface area contributed by atoms with E-state index in [1.807, 2.05) is 0 Å². The number of hydrogen-bond donors (Lipinski definition) is 1. The van der Waals surface area contributed by atoms with E-state index in [4.69, 9.17) is 0 Å². The normalized spacial score (nSPS) is 10.2. The van der Waals surface area contributed by atoms with Gasteiger partial charge in [-0.25, -0.2) is 0 Å². The van der Waals surface area contributed by atoms with Crippen LogP contribution in [-0.2, 0) is 6.42 Å². The first-order chi connectivity index (χ1) is 6.43. The van der Waals surface area contributed by atoms with Gasteiger partial charge in [0.05, 0.1) is 0 Å². The maximum absolute atomic E-state index is 4.19. The van der Waals surface area contributed by atoms with Crippen molar-refractivity contribution in [3.63, 3.8) is 0 Å². The topological polar surface area (TPSA) is 0 Å². The lowest BCUT2D eigenvalue weighted by atomic mass is 10.1. The van der Waals surface area contributed by atoms with E-state index in [0.717, 1.165) is 5.75 Å². The maximum Gasteiger partial charge on any atom is -0.00979 e. The Kier molecular flexibility index (Phi) is 5.75. The molecule has 0 saturated heterocycles. The van der Waals surface area contributed by atoms with Crippen LogP contribution in [0.15, 0.2) is 30.3 Å². The predicted octanol–water partition coefficient (Wildman–Crippen LogP) is 3.72. The Hall–Kier alpha value is -0.430. The first kappa shape index (κ1) is 10.6. The van der Waals surface area contributed by atoms with Gasteiger partial charge in [-0.2, -0.15) is 12.6 Å². The van der Waals surface area contributed by atoms with E-state index in [1.54, 1.807) is 0 Å². The third-order valence-electron chi connectivity index (χ3n) is 2.22. The van der Waals surface area contributed by atoms with Gasteiger partial charge in [-0.1, -0.05) is 43.2 Å². The van der Waals surface area contributed by atoms with Gasteiger partial charge in [-0.3, -0.25) is 0 Å². The summed E-state index contributed by atoms with van der Waals surface area (Å²) in [5.41, 5.74) is 1.47. The first-order valence-electron chi connectivity index (χ1n) is 5.08. The van der Waals surface area contributed by atoms with Gasteiger partial charge in [0, 0.05) is 0 Å². The zero-order valence-corrected chi connectivity index (χ0v) is 8.97. The molecule has 1 aromatic rings. The monoisotopic (exact) mass is 194 g/mol. The molecule has 0 unspecified atom stereocenters. The highest BCUT2D eigenvalue weighted by Gasteiger charge is 1.91. The highest BCUT2D eigenvalue weighted by molar-refractivity contribution is 7.80. The van der Waals surface area contributed by atoms with Crippen LogP contribution in [0.1, 0.15) is 31.2 Å². The molecule has 0 bridgehead atoms.